The standard InChI is InChI=1S/C13H14N2O4S2/c1-20(16,17)12-6-4-7-13(9-12)21(18,19)15-10-11-5-2-3-8-14-11/h2-9,15H,10H2,1H3. The molecule has 1 aromatic carbocycles. The first-order chi connectivity index (χ1) is 9.79. The van der Waals surface area contributed by atoms with Crippen molar-refractivity contribution in [1.29, 1.82) is 0 Å². The Labute approximate surface area is 123 Å². The summed E-state index contributed by atoms with van der Waals surface area (Å²) in [4.78, 5) is 3.87. The summed E-state index contributed by atoms with van der Waals surface area (Å²) in [7, 11) is -7.25. The fourth-order valence-electron chi connectivity index (χ4n) is 1.63. The van der Waals surface area contributed by atoms with E-state index in [0.717, 1.165) is 12.3 Å². The summed E-state index contributed by atoms with van der Waals surface area (Å²) in [6, 6.07) is 10.4. The molecule has 0 aliphatic carbocycles. The number of sulfonamides is 1. The first-order valence-electron chi connectivity index (χ1n) is 5.99. The summed E-state index contributed by atoms with van der Waals surface area (Å²) < 4.78 is 49.6. The van der Waals surface area contributed by atoms with Crippen LogP contribution in [-0.4, -0.2) is 28.1 Å². The second-order valence-corrected chi connectivity index (χ2v) is 8.18. The summed E-state index contributed by atoms with van der Waals surface area (Å²) in [5.74, 6) is 0. The predicted octanol–water partition coefficient (Wildman–Crippen LogP) is 0.964. The van der Waals surface area contributed by atoms with Crippen LogP contribution >= 0.6 is 0 Å². The number of rotatable bonds is 5. The Kier molecular flexibility index (Phi) is 4.40. The van der Waals surface area contributed by atoms with Crippen LogP contribution in [0.1, 0.15) is 5.69 Å². The van der Waals surface area contributed by atoms with Crippen molar-refractivity contribution >= 4 is 19.9 Å². The quantitative estimate of drug-likeness (QED) is 0.883. The molecule has 21 heavy (non-hydrogen) atoms. The maximum absolute atomic E-state index is 12.2. The summed E-state index contributed by atoms with van der Waals surface area (Å²) in [6.07, 6.45) is 2.59. The van der Waals surface area contributed by atoms with Gasteiger partial charge in [-0.3, -0.25) is 4.98 Å². The van der Waals surface area contributed by atoms with E-state index in [1.807, 2.05) is 0 Å². The third-order valence-electron chi connectivity index (χ3n) is 2.71. The van der Waals surface area contributed by atoms with Crippen molar-refractivity contribution < 1.29 is 16.8 Å². The smallest absolute Gasteiger partial charge is 0.240 e. The van der Waals surface area contributed by atoms with Gasteiger partial charge in [0.15, 0.2) is 9.84 Å². The highest BCUT2D eigenvalue weighted by Gasteiger charge is 2.17. The number of sulfone groups is 1. The Morgan fingerprint density at radius 1 is 1.00 bits per heavy atom. The summed E-state index contributed by atoms with van der Waals surface area (Å²) in [5.41, 5.74) is 0.570. The van der Waals surface area contributed by atoms with E-state index in [0.29, 0.717) is 5.69 Å². The van der Waals surface area contributed by atoms with Crippen molar-refractivity contribution in [3.8, 4) is 0 Å². The molecular weight excluding hydrogens is 312 g/mol. The molecule has 1 heterocycles. The van der Waals surface area contributed by atoms with E-state index < -0.39 is 19.9 Å². The molecule has 0 spiro atoms. The SMILES string of the molecule is CS(=O)(=O)c1cccc(S(=O)(=O)NCc2ccccn2)c1. The molecule has 0 radical (unpaired) electrons. The van der Waals surface area contributed by atoms with Gasteiger partial charge < -0.3 is 0 Å². The molecule has 1 N–H and O–H groups in total. The van der Waals surface area contributed by atoms with Crippen LogP contribution in [0.25, 0.3) is 0 Å². The van der Waals surface area contributed by atoms with Gasteiger partial charge in [0.2, 0.25) is 10.0 Å². The number of hydrogen-bond acceptors (Lipinski definition) is 5. The highest BCUT2D eigenvalue weighted by molar-refractivity contribution is 7.91. The van der Waals surface area contributed by atoms with Gasteiger partial charge in [-0.25, -0.2) is 21.6 Å². The molecule has 1 aromatic heterocycles. The molecule has 6 nitrogen and oxygen atoms in total. The lowest BCUT2D eigenvalue weighted by Gasteiger charge is -2.07. The van der Waals surface area contributed by atoms with Gasteiger partial charge in [0.05, 0.1) is 22.0 Å². The van der Waals surface area contributed by atoms with Crippen molar-refractivity contribution in [2.45, 2.75) is 16.3 Å². The van der Waals surface area contributed by atoms with Crippen LogP contribution in [0, 0.1) is 0 Å². The Morgan fingerprint density at radius 3 is 2.33 bits per heavy atom. The summed E-state index contributed by atoms with van der Waals surface area (Å²) >= 11 is 0. The minimum Gasteiger partial charge on any atom is -0.260 e. The zero-order chi connectivity index (χ0) is 15.5. The highest BCUT2D eigenvalue weighted by Crippen LogP contribution is 2.15. The van der Waals surface area contributed by atoms with E-state index in [1.54, 1.807) is 24.4 Å². The van der Waals surface area contributed by atoms with E-state index in [9.17, 15) is 16.8 Å². The van der Waals surface area contributed by atoms with Crippen molar-refractivity contribution in [2.75, 3.05) is 6.26 Å². The predicted molar refractivity (Wildman–Crippen MR) is 77.8 cm³/mol. The second kappa shape index (κ2) is 5.92. The zero-order valence-electron chi connectivity index (χ0n) is 11.2. The third-order valence-corrected chi connectivity index (χ3v) is 5.22. The lowest BCUT2D eigenvalue weighted by Crippen LogP contribution is -2.23. The van der Waals surface area contributed by atoms with Gasteiger partial charge in [-0.2, -0.15) is 0 Å². The number of benzene rings is 1. The molecule has 8 heteroatoms. The van der Waals surface area contributed by atoms with E-state index >= 15 is 0 Å². The third kappa shape index (κ3) is 4.10. The van der Waals surface area contributed by atoms with E-state index in [2.05, 4.69) is 9.71 Å². The second-order valence-electron chi connectivity index (χ2n) is 4.39. The fourth-order valence-corrected chi connectivity index (χ4v) is 3.41. The van der Waals surface area contributed by atoms with Gasteiger partial charge in [0.1, 0.15) is 0 Å². The van der Waals surface area contributed by atoms with Crippen molar-refractivity contribution in [1.82, 2.24) is 9.71 Å². The zero-order valence-corrected chi connectivity index (χ0v) is 12.9. The molecule has 0 saturated carbocycles. The summed E-state index contributed by atoms with van der Waals surface area (Å²) in [5, 5.41) is 0. The van der Waals surface area contributed by atoms with Gasteiger partial charge >= 0.3 is 0 Å². The van der Waals surface area contributed by atoms with Crippen LogP contribution in [0.15, 0.2) is 58.5 Å². The Hall–Kier alpha value is -1.77. The minimum atomic E-state index is -3.80. The van der Waals surface area contributed by atoms with Gasteiger partial charge in [0, 0.05) is 12.5 Å². The molecule has 0 unspecified atom stereocenters. The Balaban J connectivity index is 2.24. The monoisotopic (exact) mass is 326 g/mol. The topological polar surface area (TPSA) is 93.2 Å². The maximum atomic E-state index is 12.2. The number of nitrogens with zero attached hydrogens (tertiary/aromatic N) is 1. The van der Waals surface area contributed by atoms with Crippen molar-refractivity contribution in [3.63, 3.8) is 0 Å². The molecule has 0 bridgehead atoms. The lowest BCUT2D eigenvalue weighted by molar-refractivity contribution is 0.580. The van der Waals surface area contributed by atoms with Gasteiger partial charge in [-0.05, 0) is 30.3 Å². The lowest BCUT2D eigenvalue weighted by atomic mass is 10.4. The van der Waals surface area contributed by atoms with Crippen LogP contribution in [0.2, 0.25) is 0 Å². The van der Waals surface area contributed by atoms with Gasteiger partial charge in [-0.15, -0.1) is 0 Å². The number of aromatic nitrogens is 1. The van der Waals surface area contributed by atoms with Crippen molar-refractivity contribution in [3.05, 3.63) is 54.4 Å². The molecular formula is C13H14N2O4S2. The van der Waals surface area contributed by atoms with Crippen LogP contribution < -0.4 is 4.72 Å². The number of hydrogen-bond donors (Lipinski definition) is 1. The highest BCUT2D eigenvalue weighted by atomic mass is 32.2. The fraction of sp³-hybridized carbons (Fsp3) is 0.154. The van der Waals surface area contributed by atoms with Crippen LogP contribution in [0.3, 0.4) is 0 Å². The normalized spacial score (nSPS) is 12.2. The van der Waals surface area contributed by atoms with E-state index in [4.69, 9.17) is 0 Å². The van der Waals surface area contributed by atoms with Gasteiger partial charge in [-0.1, -0.05) is 12.1 Å². The van der Waals surface area contributed by atoms with Crippen LogP contribution in [0.4, 0.5) is 0 Å². The molecule has 112 valence electrons. The van der Waals surface area contributed by atoms with Crippen LogP contribution in [-0.2, 0) is 26.4 Å². The van der Waals surface area contributed by atoms with Crippen molar-refractivity contribution in [2.24, 2.45) is 0 Å². The maximum Gasteiger partial charge on any atom is 0.240 e. The largest absolute Gasteiger partial charge is 0.260 e. The van der Waals surface area contributed by atoms with Gasteiger partial charge in [0.25, 0.3) is 0 Å². The Bertz CT molecular complexity index is 831. The molecule has 0 amide bonds. The average molecular weight is 326 g/mol. The number of nitrogens with one attached hydrogen (secondary N) is 1. The van der Waals surface area contributed by atoms with E-state index in [-0.39, 0.29) is 16.3 Å². The molecule has 0 aliphatic heterocycles. The van der Waals surface area contributed by atoms with E-state index in [1.165, 1.54) is 18.2 Å². The molecule has 2 aromatic rings. The molecule has 2 rings (SSSR count). The molecule has 0 saturated heterocycles. The average Bonchev–Trinajstić information content (AvgIpc) is 2.46. The summed E-state index contributed by atoms with van der Waals surface area (Å²) in [6.45, 7) is 0.0340. The van der Waals surface area contributed by atoms with Crippen LogP contribution in [0.5, 0.6) is 0 Å². The Morgan fingerprint density at radius 2 is 1.71 bits per heavy atom. The molecule has 0 aliphatic rings. The molecule has 0 fully saturated rings. The number of pyridine rings is 1. The first kappa shape index (κ1) is 15.6. The minimum absolute atomic E-state index is 0.0340. The first-order valence-corrected chi connectivity index (χ1v) is 9.36. The molecule has 0 atom stereocenters.